The smallest absolute Gasteiger partial charge is 0.358 e. The van der Waals surface area contributed by atoms with Crippen LogP contribution in [0.25, 0.3) is 11.3 Å². The molecule has 0 radical (unpaired) electrons. The summed E-state index contributed by atoms with van der Waals surface area (Å²) in [5.74, 6) is 0.284. The van der Waals surface area contributed by atoms with Gasteiger partial charge < -0.3 is 15.0 Å². The number of aromatic nitrogens is 4. The molecule has 4 aromatic rings. The minimum absolute atomic E-state index is 0.0430. The zero-order valence-electron chi connectivity index (χ0n) is 14.1. The van der Waals surface area contributed by atoms with E-state index in [1.54, 1.807) is 47.2 Å². The number of rotatable bonds is 5. The molecule has 0 aliphatic carbocycles. The van der Waals surface area contributed by atoms with E-state index in [2.05, 4.69) is 10.1 Å². The van der Waals surface area contributed by atoms with Crippen molar-refractivity contribution in [2.24, 2.45) is 0 Å². The van der Waals surface area contributed by atoms with Gasteiger partial charge in [0.05, 0.1) is 18.1 Å². The van der Waals surface area contributed by atoms with Gasteiger partial charge in [0.1, 0.15) is 0 Å². The maximum atomic E-state index is 11.5. The number of para-hydroxylation sites is 1. The second-order valence-electron chi connectivity index (χ2n) is 5.93. The molecule has 0 bridgehead atoms. The summed E-state index contributed by atoms with van der Waals surface area (Å²) in [5.41, 5.74) is 2.43. The lowest BCUT2D eigenvalue weighted by Crippen LogP contribution is -2.17. The van der Waals surface area contributed by atoms with E-state index in [9.17, 15) is 10.1 Å². The van der Waals surface area contributed by atoms with E-state index in [1.165, 1.54) is 4.40 Å². The van der Waals surface area contributed by atoms with Crippen molar-refractivity contribution in [2.45, 2.75) is 6.54 Å². The highest BCUT2D eigenvalue weighted by atomic mass is 16.6. The summed E-state index contributed by atoms with van der Waals surface area (Å²) in [6.45, 7) is 0.456. The zero-order chi connectivity index (χ0) is 18.1. The van der Waals surface area contributed by atoms with E-state index in [-0.39, 0.29) is 5.82 Å². The Morgan fingerprint density at radius 2 is 1.92 bits per heavy atom. The molecule has 130 valence electrons. The van der Waals surface area contributed by atoms with Crippen LogP contribution in [-0.4, -0.2) is 31.1 Å². The second-order valence-corrected chi connectivity index (χ2v) is 5.93. The van der Waals surface area contributed by atoms with Gasteiger partial charge in [0, 0.05) is 31.4 Å². The van der Waals surface area contributed by atoms with Crippen molar-refractivity contribution in [1.29, 1.82) is 0 Å². The summed E-state index contributed by atoms with van der Waals surface area (Å²) in [7, 11) is 1.79. The number of pyridine rings is 1. The summed E-state index contributed by atoms with van der Waals surface area (Å²) in [5, 5.41) is 15.9. The Morgan fingerprint density at radius 1 is 1.15 bits per heavy atom. The molecule has 0 aliphatic rings. The van der Waals surface area contributed by atoms with Gasteiger partial charge in [-0.1, -0.05) is 24.3 Å². The Labute approximate surface area is 149 Å². The molecule has 0 amide bonds. The van der Waals surface area contributed by atoms with E-state index in [0.717, 1.165) is 11.3 Å². The number of hydrogen-bond acceptors (Lipinski definition) is 5. The standard InChI is InChI=1S/C18H16N6O2/c1-21(12-14-11-19-23(13-14)15-7-3-2-4-8-15)17-18(24(25)26)22-10-6-5-9-16(22)20-17/h2-11,13H,12H2,1H3. The lowest BCUT2D eigenvalue weighted by molar-refractivity contribution is -0.389. The van der Waals surface area contributed by atoms with Crippen molar-refractivity contribution >= 4 is 17.3 Å². The van der Waals surface area contributed by atoms with Gasteiger partial charge in [-0.3, -0.25) is 0 Å². The minimum atomic E-state index is -0.404. The molecule has 8 nitrogen and oxygen atoms in total. The van der Waals surface area contributed by atoms with Crippen LogP contribution in [0, 0.1) is 10.1 Å². The highest BCUT2D eigenvalue weighted by Gasteiger charge is 2.25. The van der Waals surface area contributed by atoms with Crippen molar-refractivity contribution in [3.8, 4) is 5.69 Å². The number of imidazole rings is 1. The third kappa shape index (κ3) is 2.77. The summed E-state index contributed by atoms with van der Waals surface area (Å²) in [4.78, 5) is 17.3. The van der Waals surface area contributed by atoms with E-state index < -0.39 is 4.92 Å². The van der Waals surface area contributed by atoms with Gasteiger partial charge >= 0.3 is 5.82 Å². The first kappa shape index (κ1) is 15.8. The fourth-order valence-electron chi connectivity index (χ4n) is 2.91. The Bertz CT molecular complexity index is 1070. The van der Waals surface area contributed by atoms with Crippen LogP contribution in [0.3, 0.4) is 0 Å². The molecule has 0 atom stereocenters. The molecule has 0 aliphatic heterocycles. The normalized spacial score (nSPS) is 11.0. The number of fused-ring (bicyclic) bond motifs is 1. The van der Waals surface area contributed by atoms with Gasteiger partial charge in [-0.15, -0.1) is 0 Å². The molecule has 8 heteroatoms. The van der Waals surface area contributed by atoms with Gasteiger partial charge in [-0.2, -0.15) is 14.5 Å². The SMILES string of the molecule is CN(Cc1cnn(-c2ccccc2)c1)c1nc2ccccn2c1[N+](=O)[O-]. The second kappa shape index (κ2) is 6.32. The Balaban J connectivity index is 1.64. The van der Waals surface area contributed by atoms with Crippen LogP contribution >= 0.6 is 0 Å². The summed E-state index contributed by atoms with van der Waals surface area (Å²) in [6.07, 6.45) is 5.31. The van der Waals surface area contributed by atoms with Gasteiger partial charge in [0.2, 0.25) is 11.5 Å². The van der Waals surface area contributed by atoms with E-state index >= 15 is 0 Å². The average molecular weight is 348 g/mol. The lowest BCUT2D eigenvalue weighted by atomic mass is 10.3. The molecule has 3 aromatic heterocycles. The summed E-state index contributed by atoms with van der Waals surface area (Å²) in [6, 6.07) is 15.1. The predicted molar refractivity (Wildman–Crippen MR) is 97.5 cm³/mol. The van der Waals surface area contributed by atoms with E-state index in [4.69, 9.17) is 0 Å². The molecule has 26 heavy (non-hydrogen) atoms. The molecule has 0 fully saturated rings. The predicted octanol–water partition coefficient (Wildman–Crippen LogP) is 3.06. The first-order valence-electron chi connectivity index (χ1n) is 8.05. The molecule has 0 unspecified atom stereocenters. The molecule has 3 heterocycles. The van der Waals surface area contributed by atoms with Crippen molar-refractivity contribution < 1.29 is 4.92 Å². The van der Waals surface area contributed by atoms with Crippen LogP contribution < -0.4 is 4.90 Å². The van der Waals surface area contributed by atoms with Crippen LogP contribution in [0.5, 0.6) is 0 Å². The third-order valence-corrected chi connectivity index (χ3v) is 4.10. The van der Waals surface area contributed by atoms with Crippen molar-refractivity contribution in [1.82, 2.24) is 19.2 Å². The first-order chi connectivity index (χ1) is 12.6. The van der Waals surface area contributed by atoms with Crippen molar-refractivity contribution in [3.05, 3.63) is 82.8 Å². The highest BCUT2D eigenvalue weighted by molar-refractivity contribution is 5.63. The molecule has 0 saturated carbocycles. The molecular weight excluding hydrogens is 332 g/mol. The molecular formula is C18H16N6O2. The first-order valence-corrected chi connectivity index (χ1v) is 8.05. The van der Waals surface area contributed by atoms with Crippen LogP contribution in [0.4, 0.5) is 11.6 Å². The highest BCUT2D eigenvalue weighted by Crippen LogP contribution is 2.28. The fraction of sp³-hybridized carbons (Fsp3) is 0.111. The Morgan fingerprint density at radius 3 is 2.69 bits per heavy atom. The fourth-order valence-corrected chi connectivity index (χ4v) is 2.91. The van der Waals surface area contributed by atoms with Crippen LogP contribution in [0.1, 0.15) is 5.56 Å². The van der Waals surface area contributed by atoms with Crippen LogP contribution in [-0.2, 0) is 6.54 Å². The zero-order valence-corrected chi connectivity index (χ0v) is 14.1. The van der Waals surface area contributed by atoms with Crippen LogP contribution in [0.2, 0.25) is 0 Å². The van der Waals surface area contributed by atoms with Gasteiger partial charge in [0.25, 0.3) is 0 Å². The largest absolute Gasteiger partial charge is 0.372 e. The number of hydrogen-bond donors (Lipinski definition) is 0. The molecule has 4 rings (SSSR count). The quantitative estimate of drug-likeness (QED) is 0.409. The molecule has 0 saturated heterocycles. The van der Waals surface area contributed by atoms with Crippen molar-refractivity contribution in [2.75, 3.05) is 11.9 Å². The number of benzene rings is 1. The lowest BCUT2D eigenvalue weighted by Gasteiger charge is -2.14. The maximum Gasteiger partial charge on any atom is 0.372 e. The van der Waals surface area contributed by atoms with Gasteiger partial charge in [-0.05, 0) is 23.1 Å². The van der Waals surface area contributed by atoms with Gasteiger partial charge in [-0.25, -0.2) is 4.68 Å². The number of anilines is 1. The van der Waals surface area contributed by atoms with Crippen LogP contribution in [0.15, 0.2) is 67.1 Å². The van der Waals surface area contributed by atoms with Gasteiger partial charge in [0.15, 0.2) is 0 Å². The molecule has 0 N–H and O–H groups in total. The topological polar surface area (TPSA) is 81.5 Å². The third-order valence-electron chi connectivity index (χ3n) is 4.10. The molecule has 0 spiro atoms. The Hall–Kier alpha value is -3.68. The summed E-state index contributed by atoms with van der Waals surface area (Å²) >= 11 is 0. The molecule has 1 aromatic carbocycles. The Kier molecular flexibility index (Phi) is 3.85. The average Bonchev–Trinajstić information content (AvgIpc) is 3.27. The summed E-state index contributed by atoms with van der Waals surface area (Å²) < 4.78 is 3.26. The van der Waals surface area contributed by atoms with Crippen molar-refractivity contribution in [3.63, 3.8) is 0 Å². The number of nitrogens with zero attached hydrogens (tertiary/aromatic N) is 6. The van der Waals surface area contributed by atoms with E-state index in [1.807, 2.05) is 36.5 Å². The monoisotopic (exact) mass is 348 g/mol. The van der Waals surface area contributed by atoms with E-state index in [0.29, 0.717) is 18.0 Å². The minimum Gasteiger partial charge on any atom is -0.358 e. The maximum absolute atomic E-state index is 11.5. The number of nitro groups is 1.